The van der Waals surface area contributed by atoms with Gasteiger partial charge in [0.2, 0.25) is 0 Å². The van der Waals surface area contributed by atoms with E-state index in [1.807, 2.05) is 73.6 Å². The highest BCUT2D eigenvalue weighted by atomic mass is 16.3. The number of phenols is 1. The molecule has 0 amide bonds. The molecule has 180 valence electrons. The van der Waals surface area contributed by atoms with Crippen molar-refractivity contribution in [1.82, 2.24) is 15.0 Å². The minimum absolute atomic E-state index is 0.177. The van der Waals surface area contributed by atoms with Crippen molar-refractivity contribution in [3.8, 4) is 39.9 Å². The van der Waals surface area contributed by atoms with Gasteiger partial charge in [0.05, 0.1) is 0 Å². The fourth-order valence-electron chi connectivity index (χ4n) is 3.31. The normalized spacial score (nSPS) is 9.56. The largest absolute Gasteiger partial charge is 0.508 e. The fourth-order valence-corrected chi connectivity index (χ4v) is 3.31. The number of nitrogens with zero attached hydrogens (tertiary/aromatic N) is 3. The molecular weight excluding hydrogens is 439 g/mol. The first-order valence-electron chi connectivity index (χ1n) is 12.4. The van der Waals surface area contributed by atoms with Crippen LogP contribution in [0.4, 0.5) is 0 Å². The first-order chi connectivity index (χ1) is 17.3. The summed E-state index contributed by atoms with van der Waals surface area (Å²) in [6, 6.07) is 16.0. The highest BCUT2D eigenvalue weighted by Crippen LogP contribution is 2.27. The van der Waals surface area contributed by atoms with Crippen molar-refractivity contribution in [3.05, 3.63) is 65.7 Å². The SMILES string of the molecule is CC.CC.CC.[B]c1ccc(-c2nc(-c3ccc(C)cc3[B])nc(-c3ccc(O)cc3C)n2)c([B])c1. The molecule has 0 aliphatic carbocycles. The van der Waals surface area contributed by atoms with Crippen molar-refractivity contribution in [1.29, 1.82) is 0 Å². The maximum absolute atomic E-state index is 9.78. The Kier molecular flexibility index (Phi) is 12.7. The van der Waals surface area contributed by atoms with E-state index >= 15 is 0 Å². The monoisotopic (exact) mass is 473 g/mol. The smallest absolute Gasteiger partial charge is 0.164 e. The molecule has 0 unspecified atom stereocenters. The minimum atomic E-state index is 0.177. The number of aromatic hydroxyl groups is 1. The molecule has 0 spiro atoms. The van der Waals surface area contributed by atoms with Gasteiger partial charge in [-0.1, -0.05) is 99.9 Å². The lowest BCUT2D eigenvalue weighted by molar-refractivity contribution is 0.475. The van der Waals surface area contributed by atoms with Gasteiger partial charge in [-0.05, 0) is 37.6 Å². The van der Waals surface area contributed by atoms with E-state index in [4.69, 9.17) is 23.5 Å². The number of aromatic nitrogens is 3. The summed E-state index contributed by atoms with van der Waals surface area (Å²) >= 11 is 0. The maximum Gasteiger partial charge on any atom is 0.164 e. The third-order valence-corrected chi connectivity index (χ3v) is 4.85. The molecule has 1 aromatic heterocycles. The van der Waals surface area contributed by atoms with E-state index in [9.17, 15) is 5.11 Å². The molecule has 0 fully saturated rings. The molecule has 0 aliphatic rings. The van der Waals surface area contributed by atoms with E-state index in [-0.39, 0.29) is 5.75 Å². The molecule has 6 radical (unpaired) electrons. The number of rotatable bonds is 3. The van der Waals surface area contributed by atoms with E-state index < -0.39 is 0 Å². The van der Waals surface area contributed by atoms with Crippen LogP contribution in [0.5, 0.6) is 5.75 Å². The zero-order chi connectivity index (χ0) is 27.4. The summed E-state index contributed by atoms with van der Waals surface area (Å²) in [5.74, 6) is 1.50. The third-order valence-electron chi connectivity index (χ3n) is 4.85. The lowest BCUT2D eigenvalue weighted by atomic mass is 9.83. The van der Waals surface area contributed by atoms with Crippen molar-refractivity contribution in [3.63, 3.8) is 0 Å². The van der Waals surface area contributed by atoms with Crippen molar-refractivity contribution < 1.29 is 5.11 Å². The van der Waals surface area contributed by atoms with Gasteiger partial charge in [0.1, 0.15) is 29.3 Å². The second-order valence-corrected chi connectivity index (χ2v) is 7.24. The molecular formula is C29H34B3N3O. The highest BCUT2D eigenvalue weighted by molar-refractivity contribution is 6.40. The van der Waals surface area contributed by atoms with Crippen LogP contribution in [-0.4, -0.2) is 43.6 Å². The molecule has 0 aliphatic heterocycles. The molecule has 7 heteroatoms. The molecule has 4 aromatic rings. The summed E-state index contributed by atoms with van der Waals surface area (Å²) < 4.78 is 0. The van der Waals surface area contributed by atoms with E-state index in [0.717, 1.165) is 16.7 Å². The van der Waals surface area contributed by atoms with Crippen molar-refractivity contribution >= 4 is 39.9 Å². The first-order valence-corrected chi connectivity index (χ1v) is 12.4. The predicted molar refractivity (Wildman–Crippen MR) is 157 cm³/mol. The zero-order valence-electron chi connectivity index (χ0n) is 22.7. The van der Waals surface area contributed by atoms with Crippen LogP contribution in [0.25, 0.3) is 34.2 Å². The zero-order valence-corrected chi connectivity index (χ0v) is 22.7. The predicted octanol–water partition coefficient (Wildman–Crippen LogP) is 4.66. The van der Waals surface area contributed by atoms with Gasteiger partial charge >= 0.3 is 0 Å². The quantitative estimate of drug-likeness (QED) is 0.441. The van der Waals surface area contributed by atoms with E-state index in [2.05, 4.69) is 15.0 Å². The first kappa shape index (κ1) is 30.7. The summed E-state index contributed by atoms with van der Waals surface area (Å²) in [4.78, 5) is 14.0. The topological polar surface area (TPSA) is 58.9 Å². The van der Waals surface area contributed by atoms with Gasteiger partial charge < -0.3 is 5.11 Å². The van der Waals surface area contributed by atoms with Crippen LogP contribution in [0.2, 0.25) is 0 Å². The van der Waals surface area contributed by atoms with Gasteiger partial charge in [0, 0.05) is 16.7 Å². The summed E-state index contributed by atoms with van der Waals surface area (Å²) in [6.45, 7) is 15.9. The number of benzene rings is 3. The standard InChI is InChI=1S/C23H16B3N3O.3C2H6/c1-12-3-6-17(19(25)9-12)22-27-21(16-8-5-15(30)10-13(16)2)28-23(29-22)18-7-4-14(24)11-20(18)26;3*1-2/h3-11,30H,1-2H3;3*1-2H3. The maximum atomic E-state index is 9.78. The molecule has 0 saturated heterocycles. The second-order valence-electron chi connectivity index (χ2n) is 7.24. The van der Waals surface area contributed by atoms with Crippen LogP contribution in [0, 0.1) is 13.8 Å². The van der Waals surface area contributed by atoms with Crippen LogP contribution < -0.4 is 16.4 Å². The molecule has 1 heterocycles. The molecule has 0 bridgehead atoms. The summed E-state index contributed by atoms with van der Waals surface area (Å²) in [7, 11) is 18.3. The Bertz CT molecular complexity index is 1110. The van der Waals surface area contributed by atoms with E-state index in [0.29, 0.717) is 45.0 Å². The van der Waals surface area contributed by atoms with Crippen LogP contribution in [0.3, 0.4) is 0 Å². The van der Waals surface area contributed by atoms with Gasteiger partial charge in [-0.3, -0.25) is 0 Å². The molecule has 4 nitrogen and oxygen atoms in total. The lowest BCUT2D eigenvalue weighted by Crippen LogP contribution is -2.17. The Balaban J connectivity index is 0.00000101. The van der Waals surface area contributed by atoms with Crippen LogP contribution in [0.1, 0.15) is 52.7 Å². The molecule has 4 rings (SSSR count). The number of hydrogen-bond donors (Lipinski definition) is 1. The van der Waals surface area contributed by atoms with Gasteiger partial charge in [-0.2, -0.15) is 0 Å². The average Bonchev–Trinajstić information content (AvgIpc) is 2.87. The fraction of sp³-hybridized carbons (Fsp3) is 0.276. The number of phenolic OH excluding ortho intramolecular Hbond substituents is 1. The number of aryl methyl sites for hydroxylation is 2. The van der Waals surface area contributed by atoms with E-state index in [1.54, 1.807) is 36.4 Å². The van der Waals surface area contributed by atoms with Crippen LogP contribution in [0.15, 0.2) is 54.6 Å². The Hall–Kier alpha value is -3.34. The molecule has 3 aromatic carbocycles. The average molecular weight is 473 g/mol. The van der Waals surface area contributed by atoms with Gasteiger partial charge in [0.25, 0.3) is 0 Å². The van der Waals surface area contributed by atoms with Gasteiger partial charge in [-0.15, -0.1) is 0 Å². The third kappa shape index (κ3) is 7.58. The molecule has 36 heavy (non-hydrogen) atoms. The Morgan fingerprint density at radius 3 is 1.47 bits per heavy atom. The Morgan fingerprint density at radius 1 is 0.556 bits per heavy atom. The number of hydrogen-bond acceptors (Lipinski definition) is 4. The summed E-state index contributed by atoms with van der Waals surface area (Å²) in [5.41, 5.74) is 5.61. The van der Waals surface area contributed by atoms with Crippen molar-refractivity contribution in [2.75, 3.05) is 0 Å². The summed E-state index contributed by atoms with van der Waals surface area (Å²) in [5, 5.41) is 9.78. The highest BCUT2D eigenvalue weighted by Gasteiger charge is 2.16. The van der Waals surface area contributed by atoms with Crippen LogP contribution >= 0.6 is 0 Å². The van der Waals surface area contributed by atoms with Crippen molar-refractivity contribution in [2.45, 2.75) is 55.4 Å². The lowest BCUT2D eigenvalue weighted by Gasteiger charge is -2.13. The van der Waals surface area contributed by atoms with E-state index in [1.165, 1.54) is 0 Å². The summed E-state index contributed by atoms with van der Waals surface area (Å²) in [6.07, 6.45) is 0. The van der Waals surface area contributed by atoms with Gasteiger partial charge in [0.15, 0.2) is 17.5 Å². The Labute approximate surface area is 220 Å². The Morgan fingerprint density at radius 2 is 1.00 bits per heavy atom. The molecule has 0 saturated carbocycles. The van der Waals surface area contributed by atoms with Crippen LogP contribution in [-0.2, 0) is 0 Å². The molecule has 0 atom stereocenters. The van der Waals surface area contributed by atoms with Gasteiger partial charge in [-0.25, -0.2) is 15.0 Å². The molecule has 1 N–H and O–H groups in total. The second kappa shape index (κ2) is 14.9. The van der Waals surface area contributed by atoms with Crippen molar-refractivity contribution in [2.24, 2.45) is 0 Å². The minimum Gasteiger partial charge on any atom is -0.508 e.